The number of piperidine rings is 1. The first-order chi connectivity index (χ1) is 11.1. The summed E-state index contributed by atoms with van der Waals surface area (Å²) in [4.78, 5) is 9.50. The predicted octanol–water partition coefficient (Wildman–Crippen LogP) is 1.34. The average molecular weight is 319 g/mol. The lowest BCUT2D eigenvalue weighted by atomic mass is 9.73. The van der Waals surface area contributed by atoms with Crippen LogP contribution in [-0.2, 0) is 13.0 Å². The number of aliphatic hydroxyl groups excluding tert-OH is 2. The molecule has 3 N–H and O–H groups in total. The van der Waals surface area contributed by atoms with Gasteiger partial charge in [0.15, 0.2) is 0 Å². The largest absolute Gasteiger partial charge is 0.396 e. The van der Waals surface area contributed by atoms with Crippen LogP contribution in [0.4, 0.5) is 4.39 Å². The van der Waals surface area contributed by atoms with Crippen molar-refractivity contribution >= 4 is 0 Å². The minimum Gasteiger partial charge on any atom is -0.396 e. The van der Waals surface area contributed by atoms with Crippen LogP contribution in [0, 0.1) is 11.2 Å². The number of nitrogens with one attached hydrogen (secondary N) is 1. The van der Waals surface area contributed by atoms with E-state index < -0.39 is 11.5 Å². The summed E-state index contributed by atoms with van der Waals surface area (Å²) in [7, 11) is 0. The quantitative estimate of drug-likeness (QED) is 0.778. The third kappa shape index (κ3) is 3.60. The van der Waals surface area contributed by atoms with E-state index in [-0.39, 0.29) is 12.4 Å². The van der Waals surface area contributed by atoms with Gasteiger partial charge in [-0.15, -0.1) is 0 Å². The highest BCUT2D eigenvalue weighted by atomic mass is 19.1. The second kappa shape index (κ2) is 6.78. The number of aliphatic hydroxyl groups is 2. The molecule has 0 spiro atoms. The van der Waals surface area contributed by atoms with E-state index in [4.69, 9.17) is 0 Å². The molecule has 0 amide bonds. The number of likely N-dealkylation sites (tertiary alicyclic amines) is 1. The maximum absolute atomic E-state index is 13.1. The highest BCUT2D eigenvalue weighted by molar-refractivity contribution is 5.19. The topological polar surface area (TPSA) is 72.4 Å². The third-order valence-corrected chi connectivity index (χ3v) is 4.68. The van der Waals surface area contributed by atoms with Gasteiger partial charge in [-0.05, 0) is 30.5 Å². The number of H-pyrrole nitrogens is 1. The molecule has 0 aliphatic carbocycles. The van der Waals surface area contributed by atoms with Crippen molar-refractivity contribution in [2.24, 2.45) is 5.41 Å². The third-order valence-electron chi connectivity index (χ3n) is 4.68. The first kappa shape index (κ1) is 16.1. The Morgan fingerprint density at radius 1 is 1.35 bits per heavy atom. The number of benzene rings is 1. The number of hydrogen-bond donors (Lipinski definition) is 3. The molecular formula is C17H22FN3O2. The fourth-order valence-corrected chi connectivity index (χ4v) is 3.37. The number of imidazole rings is 1. The van der Waals surface area contributed by atoms with E-state index in [1.165, 1.54) is 12.1 Å². The Bertz CT molecular complexity index is 617. The lowest BCUT2D eigenvalue weighted by molar-refractivity contribution is -0.0772. The zero-order valence-corrected chi connectivity index (χ0v) is 13.0. The number of nitrogens with zero attached hydrogens (tertiary/aromatic N) is 2. The van der Waals surface area contributed by atoms with Gasteiger partial charge in [-0.3, -0.25) is 4.90 Å². The van der Waals surface area contributed by atoms with Crippen molar-refractivity contribution in [2.45, 2.75) is 25.5 Å². The lowest BCUT2D eigenvalue weighted by Crippen LogP contribution is -2.54. The van der Waals surface area contributed by atoms with Gasteiger partial charge < -0.3 is 15.2 Å². The molecule has 2 aromatic rings. The van der Waals surface area contributed by atoms with Crippen LogP contribution in [-0.4, -0.2) is 50.9 Å². The normalized spacial score (nSPS) is 25.6. The van der Waals surface area contributed by atoms with E-state index in [0.29, 0.717) is 25.9 Å². The smallest absolute Gasteiger partial charge is 0.123 e. The van der Waals surface area contributed by atoms with Crippen LogP contribution in [0.2, 0.25) is 0 Å². The molecule has 1 aromatic heterocycles. The number of halogens is 1. The molecule has 23 heavy (non-hydrogen) atoms. The maximum Gasteiger partial charge on any atom is 0.123 e. The van der Waals surface area contributed by atoms with Crippen molar-refractivity contribution in [3.05, 3.63) is 53.9 Å². The summed E-state index contributed by atoms with van der Waals surface area (Å²) in [6, 6.07) is 6.25. The zero-order chi connectivity index (χ0) is 16.3. The molecule has 1 aromatic carbocycles. The van der Waals surface area contributed by atoms with E-state index in [1.807, 2.05) is 0 Å². The van der Waals surface area contributed by atoms with Crippen molar-refractivity contribution in [2.75, 3.05) is 19.7 Å². The van der Waals surface area contributed by atoms with Gasteiger partial charge in [0, 0.05) is 30.9 Å². The molecule has 1 saturated heterocycles. The van der Waals surface area contributed by atoms with Gasteiger partial charge >= 0.3 is 0 Å². The van der Waals surface area contributed by atoms with Crippen LogP contribution in [0.5, 0.6) is 0 Å². The van der Waals surface area contributed by atoms with Gasteiger partial charge in [-0.25, -0.2) is 9.37 Å². The van der Waals surface area contributed by atoms with Crippen molar-refractivity contribution in [1.29, 1.82) is 0 Å². The standard InChI is InChI=1S/C17H22FN3O2/c18-14-3-1-13(2-4-14)9-17(12-22)11-21(8-5-15(17)23)10-16-19-6-7-20-16/h1-4,6-7,15,22-23H,5,8-12H2,(H,19,20)/t15-,17-/m0/s1. The summed E-state index contributed by atoms with van der Waals surface area (Å²) in [6.45, 7) is 1.88. The molecule has 0 radical (unpaired) electrons. The van der Waals surface area contributed by atoms with E-state index in [1.54, 1.807) is 24.5 Å². The van der Waals surface area contributed by atoms with Gasteiger partial charge in [-0.1, -0.05) is 12.1 Å². The molecule has 1 aliphatic heterocycles. The lowest BCUT2D eigenvalue weighted by Gasteiger charge is -2.45. The van der Waals surface area contributed by atoms with E-state index in [9.17, 15) is 14.6 Å². The molecule has 5 nitrogen and oxygen atoms in total. The molecule has 3 rings (SSSR count). The Morgan fingerprint density at radius 3 is 2.78 bits per heavy atom. The molecule has 1 aliphatic rings. The van der Waals surface area contributed by atoms with Crippen molar-refractivity contribution in [3.8, 4) is 0 Å². The average Bonchev–Trinajstić information content (AvgIpc) is 3.06. The van der Waals surface area contributed by atoms with Crippen LogP contribution < -0.4 is 0 Å². The molecule has 0 bridgehead atoms. The monoisotopic (exact) mass is 319 g/mol. The maximum atomic E-state index is 13.1. The number of hydrogen-bond acceptors (Lipinski definition) is 4. The summed E-state index contributed by atoms with van der Waals surface area (Å²) in [5, 5.41) is 20.5. The van der Waals surface area contributed by atoms with E-state index in [0.717, 1.165) is 17.9 Å². The van der Waals surface area contributed by atoms with Crippen LogP contribution >= 0.6 is 0 Å². The highest BCUT2D eigenvalue weighted by Gasteiger charge is 2.42. The second-order valence-electron chi connectivity index (χ2n) is 6.37. The van der Waals surface area contributed by atoms with Crippen molar-refractivity contribution < 1.29 is 14.6 Å². The van der Waals surface area contributed by atoms with Crippen LogP contribution in [0.3, 0.4) is 0 Å². The molecule has 1 fully saturated rings. The fourth-order valence-electron chi connectivity index (χ4n) is 3.37. The van der Waals surface area contributed by atoms with E-state index in [2.05, 4.69) is 14.9 Å². The molecule has 0 unspecified atom stereocenters. The van der Waals surface area contributed by atoms with E-state index >= 15 is 0 Å². The van der Waals surface area contributed by atoms with Gasteiger partial charge in [0.05, 0.1) is 19.3 Å². The van der Waals surface area contributed by atoms with Gasteiger partial charge in [-0.2, -0.15) is 0 Å². The SMILES string of the molecule is OC[C@]1(Cc2ccc(F)cc2)CN(Cc2ncc[nH]2)CC[C@@H]1O. The number of aromatic nitrogens is 2. The summed E-state index contributed by atoms with van der Waals surface area (Å²) < 4.78 is 13.1. The summed E-state index contributed by atoms with van der Waals surface area (Å²) >= 11 is 0. The van der Waals surface area contributed by atoms with Gasteiger partial charge in [0.2, 0.25) is 0 Å². The molecule has 2 heterocycles. The minimum absolute atomic E-state index is 0.111. The number of rotatable bonds is 5. The molecule has 2 atom stereocenters. The minimum atomic E-state index is -0.636. The van der Waals surface area contributed by atoms with Crippen LogP contribution in [0.25, 0.3) is 0 Å². The first-order valence-electron chi connectivity index (χ1n) is 7.85. The Morgan fingerprint density at radius 2 is 2.13 bits per heavy atom. The van der Waals surface area contributed by atoms with Gasteiger partial charge in [0.25, 0.3) is 0 Å². The summed E-state index contributed by atoms with van der Waals surface area (Å²) in [6.07, 6.45) is 4.03. The predicted molar refractivity (Wildman–Crippen MR) is 84.1 cm³/mol. The fraction of sp³-hybridized carbons (Fsp3) is 0.471. The Balaban J connectivity index is 1.75. The summed E-state index contributed by atoms with van der Waals surface area (Å²) in [5.74, 6) is 0.588. The Hall–Kier alpha value is -1.76. The molecule has 0 saturated carbocycles. The van der Waals surface area contributed by atoms with Crippen LogP contribution in [0.15, 0.2) is 36.7 Å². The Kier molecular flexibility index (Phi) is 4.75. The Labute approximate surface area is 134 Å². The van der Waals surface area contributed by atoms with Gasteiger partial charge in [0.1, 0.15) is 11.6 Å². The highest BCUT2D eigenvalue weighted by Crippen LogP contribution is 2.34. The van der Waals surface area contributed by atoms with Crippen molar-refractivity contribution in [1.82, 2.24) is 14.9 Å². The zero-order valence-electron chi connectivity index (χ0n) is 13.0. The van der Waals surface area contributed by atoms with Crippen molar-refractivity contribution in [3.63, 3.8) is 0 Å². The molecular weight excluding hydrogens is 297 g/mol. The first-order valence-corrected chi connectivity index (χ1v) is 7.85. The second-order valence-corrected chi connectivity index (χ2v) is 6.37. The van der Waals surface area contributed by atoms with Crippen LogP contribution in [0.1, 0.15) is 17.8 Å². The molecule has 6 heteroatoms. The molecule has 124 valence electrons. The summed E-state index contributed by atoms with van der Waals surface area (Å²) in [5.41, 5.74) is 0.280. The number of aromatic amines is 1.